The first-order valence-corrected chi connectivity index (χ1v) is 2.12. The molecule has 0 aliphatic rings. The van der Waals surface area contributed by atoms with Crippen LogP contribution >= 0.6 is 0 Å². The minimum absolute atomic E-state index is 0.249. The van der Waals surface area contributed by atoms with Crippen LogP contribution in [0.25, 0.3) is 0 Å². The molecule has 1 N–H and O–H groups in total. The number of unbranched alkanes of at least 4 members (excludes halogenated alkanes) is 1. The van der Waals surface area contributed by atoms with Crippen molar-refractivity contribution in [1.82, 2.24) is 0 Å². The molecule has 0 aromatic carbocycles. The molecule has 42 valence electrons. The van der Waals surface area contributed by atoms with E-state index in [1.165, 1.54) is 0 Å². The van der Waals surface area contributed by atoms with Gasteiger partial charge in [0.15, 0.2) is 0 Å². The van der Waals surface area contributed by atoms with Crippen molar-refractivity contribution in [3.05, 3.63) is 0 Å². The van der Waals surface area contributed by atoms with Crippen LogP contribution < -0.4 is 0 Å². The summed E-state index contributed by atoms with van der Waals surface area (Å²) in [6.45, 7) is 0.249. The summed E-state index contributed by atoms with van der Waals surface area (Å²) in [5, 5.41) is 7.68. The van der Waals surface area contributed by atoms with E-state index in [2.05, 4.69) is 4.89 Å². The zero-order valence-corrected chi connectivity index (χ0v) is 3.96. The fourth-order valence-corrected chi connectivity index (χ4v) is 0.231. The van der Waals surface area contributed by atoms with Gasteiger partial charge in [0.2, 0.25) is 0 Å². The van der Waals surface area contributed by atoms with Crippen molar-refractivity contribution in [3.63, 3.8) is 0 Å². The highest BCUT2D eigenvalue weighted by Crippen LogP contribution is 1.81. The van der Waals surface area contributed by atoms with Gasteiger partial charge >= 0.3 is 0 Å². The molecule has 0 radical (unpaired) electrons. The molecule has 0 unspecified atom stereocenters. The second-order valence-electron chi connectivity index (χ2n) is 1.14. The highest BCUT2D eigenvalue weighted by molar-refractivity contribution is 5.48. The van der Waals surface area contributed by atoms with E-state index in [0.29, 0.717) is 12.8 Å². The van der Waals surface area contributed by atoms with Gasteiger partial charge in [-0.15, -0.1) is 0 Å². The average molecular weight is 104 g/mol. The van der Waals surface area contributed by atoms with Gasteiger partial charge < -0.3 is 4.79 Å². The third kappa shape index (κ3) is 5.59. The van der Waals surface area contributed by atoms with Crippen LogP contribution in [0.15, 0.2) is 0 Å². The van der Waals surface area contributed by atoms with Crippen molar-refractivity contribution in [2.75, 3.05) is 6.61 Å². The van der Waals surface area contributed by atoms with E-state index in [1.807, 2.05) is 0 Å². The number of hydrogen-bond donors (Lipinski definition) is 1. The molecule has 3 heteroatoms. The number of hydrogen-bond acceptors (Lipinski definition) is 3. The fourth-order valence-electron chi connectivity index (χ4n) is 0.231. The van der Waals surface area contributed by atoms with Crippen molar-refractivity contribution in [1.29, 1.82) is 0 Å². The summed E-state index contributed by atoms with van der Waals surface area (Å²) in [6, 6.07) is 0. The topological polar surface area (TPSA) is 46.5 Å². The van der Waals surface area contributed by atoms with Crippen molar-refractivity contribution in [2.45, 2.75) is 12.8 Å². The van der Waals surface area contributed by atoms with Crippen LogP contribution in [-0.2, 0) is 9.68 Å². The second-order valence-corrected chi connectivity index (χ2v) is 1.14. The Morgan fingerprint density at radius 3 is 2.86 bits per heavy atom. The zero-order chi connectivity index (χ0) is 5.54. The lowest BCUT2D eigenvalue weighted by molar-refractivity contribution is -0.242. The van der Waals surface area contributed by atoms with E-state index < -0.39 is 0 Å². The lowest BCUT2D eigenvalue weighted by Crippen LogP contribution is -1.87. The van der Waals surface area contributed by atoms with Gasteiger partial charge in [0.05, 0.1) is 6.61 Å². The van der Waals surface area contributed by atoms with E-state index >= 15 is 0 Å². The van der Waals surface area contributed by atoms with Gasteiger partial charge in [-0.2, -0.15) is 0 Å². The predicted octanol–water partition coefficient (Wildman–Crippen LogP) is 0.455. The maximum Gasteiger partial charge on any atom is 0.120 e. The van der Waals surface area contributed by atoms with E-state index in [9.17, 15) is 4.79 Å². The lowest BCUT2D eigenvalue weighted by Gasteiger charge is -1.86. The fraction of sp³-hybridized carbons (Fsp3) is 0.750. The smallest absolute Gasteiger partial charge is 0.120 e. The summed E-state index contributed by atoms with van der Waals surface area (Å²) in [6.07, 6.45) is 1.85. The quantitative estimate of drug-likeness (QED) is 0.244. The molecule has 0 fully saturated rings. The van der Waals surface area contributed by atoms with Crippen molar-refractivity contribution < 1.29 is 14.9 Å². The molecule has 0 bridgehead atoms. The highest BCUT2D eigenvalue weighted by Gasteiger charge is 1.81. The van der Waals surface area contributed by atoms with Crippen LogP contribution in [0.1, 0.15) is 12.8 Å². The maximum atomic E-state index is 9.54. The van der Waals surface area contributed by atoms with Gasteiger partial charge in [-0.05, 0) is 6.42 Å². The lowest BCUT2D eigenvalue weighted by atomic mass is 10.4. The van der Waals surface area contributed by atoms with E-state index in [-0.39, 0.29) is 6.61 Å². The first-order valence-electron chi connectivity index (χ1n) is 2.12. The third-order valence-corrected chi connectivity index (χ3v) is 0.558. The Labute approximate surface area is 41.8 Å². The summed E-state index contributed by atoms with van der Waals surface area (Å²) < 4.78 is 0. The third-order valence-electron chi connectivity index (χ3n) is 0.558. The Balaban J connectivity index is 2.56. The average Bonchev–Trinajstić information content (AvgIpc) is 1.69. The first kappa shape index (κ1) is 6.59. The van der Waals surface area contributed by atoms with Gasteiger partial charge in [-0.25, -0.2) is 4.89 Å². The van der Waals surface area contributed by atoms with E-state index in [0.717, 1.165) is 6.29 Å². The molecule has 0 aromatic rings. The van der Waals surface area contributed by atoms with Crippen molar-refractivity contribution in [2.24, 2.45) is 0 Å². The van der Waals surface area contributed by atoms with Gasteiger partial charge in [0.25, 0.3) is 0 Å². The molecule has 3 nitrogen and oxygen atoms in total. The van der Waals surface area contributed by atoms with Crippen molar-refractivity contribution >= 4 is 6.29 Å². The normalized spacial score (nSPS) is 8.71. The molecule has 0 aliphatic carbocycles. The predicted molar refractivity (Wildman–Crippen MR) is 23.9 cm³/mol. The summed E-state index contributed by atoms with van der Waals surface area (Å²) >= 11 is 0. The molecule has 0 aromatic heterocycles. The second kappa shape index (κ2) is 5.59. The van der Waals surface area contributed by atoms with Crippen molar-refractivity contribution in [3.8, 4) is 0 Å². The Morgan fingerprint density at radius 2 is 2.43 bits per heavy atom. The van der Waals surface area contributed by atoms with Crippen LogP contribution in [0.3, 0.4) is 0 Å². The Bertz CT molecular complexity index is 44.2. The van der Waals surface area contributed by atoms with Gasteiger partial charge in [-0.1, -0.05) is 0 Å². The summed E-state index contributed by atoms with van der Waals surface area (Å²) in [5.74, 6) is 0. The molecule has 0 amide bonds. The molecular formula is C4H8O3. The van der Waals surface area contributed by atoms with Gasteiger partial charge in [0, 0.05) is 6.42 Å². The molecule has 0 saturated heterocycles. The summed E-state index contributed by atoms with van der Waals surface area (Å²) in [5.41, 5.74) is 0. The number of aldehydes is 1. The molecule has 0 heterocycles. The van der Waals surface area contributed by atoms with E-state index in [1.54, 1.807) is 0 Å². The van der Waals surface area contributed by atoms with Gasteiger partial charge in [0.1, 0.15) is 6.29 Å². The minimum Gasteiger partial charge on any atom is -0.303 e. The maximum absolute atomic E-state index is 9.54. The Hall–Kier alpha value is -0.410. The number of carbonyl (C=O) groups excluding carboxylic acids is 1. The number of carbonyl (C=O) groups is 1. The summed E-state index contributed by atoms with van der Waals surface area (Å²) in [4.78, 5) is 13.2. The molecular weight excluding hydrogens is 96.0 g/mol. The molecule has 0 spiro atoms. The Morgan fingerprint density at radius 1 is 1.71 bits per heavy atom. The summed E-state index contributed by atoms with van der Waals surface area (Å²) in [7, 11) is 0. The molecule has 0 rings (SSSR count). The largest absolute Gasteiger partial charge is 0.303 e. The molecule has 7 heavy (non-hydrogen) atoms. The van der Waals surface area contributed by atoms with Crippen LogP contribution in [-0.4, -0.2) is 18.2 Å². The standard InChI is InChI=1S/C4H8O3/c5-3-1-2-4-7-6/h3,6H,1-2,4H2. The molecule has 0 atom stereocenters. The van der Waals surface area contributed by atoms with Crippen LogP contribution in [0, 0.1) is 0 Å². The number of rotatable bonds is 4. The van der Waals surface area contributed by atoms with Gasteiger partial charge in [-0.3, -0.25) is 5.26 Å². The highest BCUT2D eigenvalue weighted by atomic mass is 17.1. The van der Waals surface area contributed by atoms with Crippen LogP contribution in [0.4, 0.5) is 0 Å². The van der Waals surface area contributed by atoms with E-state index in [4.69, 9.17) is 5.26 Å². The zero-order valence-electron chi connectivity index (χ0n) is 3.96. The molecule has 0 saturated carbocycles. The minimum atomic E-state index is 0.249. The SMILES string of the molecule is O=CCCCOO. The molecule has 0 aliphatic heterocycles. The monoisotopic (exact) mass is 104 g/mol. The Kier molecular flexibility index (Phi) is 5.26. The van der Waals surface area contributed by atoms with Crippen LogP contribution in [0.5, 0.6) is 0 Å². The van der Waals surface area contributed by atoms with Crippen LogP contribution in [0.2, 0.25) is 0 Å². The first-order chi connectivity index (χ1) is 3.41.